The topological polar surface area (TPSA) is 86.1 Å². The molecule has 1 saturated heterocycles. The number of aryl methyl sites for hydroxylation is 2. The Morgan fingerprint density at radius 2 is 2.00 bits per heavy atom. The molecule has 1 aromatic carbocycles. The maximum atomic E-state index is 12.0. The molecule has 0 spiro atoms. The number of anilines is 1. The molecule has 3 rings (SSSR count). The molecule has 1 N–H and O–H groups in total. The summed E-state index contributed by atoms with van der Waals surface area (Å²) in [5.41, 5.74) is 4.64. The fourth-order valence-electron chi connectivity index (χ4n) is 3.87. The molecule has 0 bridgehead atoms. The first-order valence-electron chi connectivity index (χ1n) is 9.39. The average Bonchev–Trinajstić information content (AvgIpc) is 2.61. The van der Waals surface area contributed by atoms with Gasteiger partial charge in [0.05, 0.1) is 22.5 Å². The van der Waals surface area contributed by atoms with Crippen molar-refractivity contribution in [3.05, 3.63) is 35.0 Å². The minimum atomic E-state index is -3.20. The van der Waals surface area contributed by atoms with E-state index in [1.807, 2.05) is 20.8 Å². The molecule has 1 aromatic heterocycles. The highest BCUT2D eigenvalue weighted by atomic mass is 32.2. The number of piperidine rings is 1. The second kappa shape index (κ2) is 7.83. The Morgan fingerprint density at radius 3 is 2.63 bits per heavy atom. The van der Waals surface area contributed by atoms with Crippen molar-refractivity contribution in [3.63, 3.8) is 0 Å². The van der Waals surface area contributed by atoms with Crippen LogP contribution in [0.25, 0.3) is 10.9 Å². The van der Waals surface area contributed by atoms with Crippen LogP contribution in [0.3, 0.4) is 0 Å². The van der Waals surface area contributed by atoms with Crippen molar-refractivity contribution >= 4 is 26.6 Å². The molecule has 0 saturated carbocycles. The molecule has 2 aromatic rings. The lowest BCUT2D eigenvalue weighted by atomic mass is 10.00. The number of fused-ring (bicyclic) bond motifs is 1. The van der Waals surface area contributed by atoms with Gasteiger partial charge in [-0.2, -0.15) is 5.26 Å². The first kappa shape index (κ1) is 19.6. The summed E-state index contributed by atoms with van der Waals surface area (Å²) in [6, 6.07) is 6.41. The Morgan fingerprint density at radius 1 is 1.30 bits per heavy atom. The lowest BCUT2D eigenvalue weighted by Crippen LogP contribution is -2.45. The van der Waals surface area contributed by atoms with Crippen LogP contribution in [0.15, 0.2) is 18.3 Å². The minimum Gasteiger partial charge on any atom is -0.370 e. The summed E-state index contributed by atoms with van der Waals surface area (Å²) in [4.78, 5) is 6.69. The number of hydrogen-bond donors (Lipinski definition) is 1. The number of hydrogen-bond acceptors (Lipinski definition) is 5. The second-order valence-electron chi connectivity index (χ2n) is 7.31. The minimum absolute atomic E-state index is 0.0418. The van der Waals surface area contributed by atoms with Gasteiger partial charge in [-0.15, -0.1) is 0 Å². The molecule has 1 aliphatic rings. The predicted molar refractivity (Wildman–Crippen MR) is 108 cm³/mol. The largest absolute Gasteiger partial charge is 0.370 e. The molecule has 0 unspecified atom stereocenters. The SMILES string of the molecule is CCCS(=O)(=O)NC1CCN(c2c(C#N)cnc3c(C)cc(C)cc23)CC1. The monoisotopic (exact) mass is 386 g/mol. The number of sulfonamides is 1. The summed E-state index contributed by atoms with van der Waals surface area (Å²) < 4.78 is 26.9. The van der Waals surface area contributed by atoms with E-state index in [4.69, 9.17) is 0 Å². The standard InChI is InChI=1S/C20H26N4O2S/c1-4-9-27(25,26)23-17-5-7-24(8-6-17)20-16(12-21)13-22-19-15(3)10-14(2)11-18(19)20/h10-11,13,17,23H,4-9H2,1-3H3. The summed E-state index contributed by atoms with van der Waals surface area (Å²) >= 11 is 0. The van der Waals surface area contributed by atoms with Gasteiger partial charge in [0.15, 0.2) is 0 Å². The number of rotatable bonds is 5. The molecule has 1 fully saturated rings. The molecule has 0 radical (unpaired) electrons. The smallest absolute Gasteiger partial charge is 0.211 e. The van der Waals surface area contributed by atoms with Gasteiger partial charge in [0, 0.05) is 30.7 Å². The number of pyridine rings is 1. The van der Waals surface area contributed by atoms with Gasteiger partial charge in [-0.05, 0) is 44.7 Å². The Hall–Kier alpha value is -2.17. The van der Waals surface area contributed by atoms with Crippen molar-refractivity contribution < 1.29 is 8.42 Å². The summed E-state index contributed by atoms with van der Waals surface area (Å²) in [5, 5.41) is 10.6. The van der Waals surface area contributed by atoms with Gasteiger partial charge >= 0.3 is 0 Å². The van der Waals surface area contributed by atoms with Crippen LogP contribution in [0.1, 0.15) is 42.9 Å². The van der Waals surface area contributed by atoms with Crippen LogP contribution in [0.4, 0.5) is 5.69 Å². The van der Waals surface area contributed by atoms with Crippen LogP contribution in [0.5, 0.6) is 0 Å². The van der Waals surface area contributed by atoms with Crippen molar-refractivity contribution in [3.8, 4) is 6.07 Å². The van der Waals surface area contributed by atoms with Crippen molar-refractivity contribution in [2.75, 3.05) is 23.7 Å². The third-order valence-corrected chi connectivity index (χ3v) is 6.67. The van der Waals surface area contributed by atoms with E-state index in [9.17, 15) is 13.7 Å². The van der Waals surface area contributed by atoms with Crippen LogP contribution < -0.4 is 9.62 Å². The maximum absolute atomic E-state index is 12.0. The number of nitrogens with zero attached hydrogens (tertiary/aromatic N) is 3. The molecule has 0 aliphatic carbocycles. The Kier molecular flexibility index (Phi) is 5.68. The second-order valence-corrected chi connectivity index (χ2v) is 9.18. The molecule has 144 valence electrons. The van der Waals surface area contributed by atoms with Crippen LogP contribution in [0.2, 0.25) is 0 Å². The molecule has 0 amide bonds. The van der Waals surface area contributed by atoms with Gasteiger partial charge in [-0.3, -0.25) is 4.98 Å². The Bertz CT molecular complexity index is 987. The number of aromatic nitrogens is 1. The number of nitriles is 1. The Labute approximate surface area is 161 Å². The zero-order valence-electron chi connectivity index (χ0n) is 16.1. The normalized spacial score (nSPS) is 15.9. The zero-order chi connectivity index (χ0) is 19.6. The predicted octanol–water partition coefficient (Wildman–Crippen LogP) is 3.02. The third-order valence-electron chi connectivity index (χ3n) is 5.03. The quantitative estimate of drug-likeness (QED) is 0.854. The van der Waals surface area contributed by atoms with E-state index < -0.39 is 10.0 Å². The average molecular weight is 387 g/mol. The van der Waals surface area contributed by atoms with Crippen LogP contribution >= 0.6 is 0 Å². The first-order valence-corrected chi connectivity index (χ1v) is 11.0. The Balaban J connectivity index is 1.88. The summed E-state index contributed by atoms with van der Waals surface area (Å²) in [6.07, 6.45) is 3.71. The highest BCUT2D eigenvalue weighted by molar-refractivity contribution is 7.89. The molecule has 7 heteroatoms. The van der Waals surface area contributed by atoms with Crippen molar-refractivity contribution in [2.24, 2.45) is 0 Å². The van der Waals surface area contributed by atoms with E-state index in [1.165, 1.54) is 0 Å². The van der Waals surface area contributed by atoms with Crippen LogP contribution in [-0.2, 0) is 10.0 Å². The highest BCUT2D eigenvalue weighted by Crippen LogP contribution is 2.33. The molecule has 6 nitrogen and oxygen atoms in total. The summed E-state index contributed by atoms with van der Waals surface area (Å²) in [7, 11) is -3.20. The van der Waals surface area contributed by atoms with E-state index >= 15 is 0 Å². The van der Waals surface area contributed by atoms with Gasteiger partial charge in [0.2, 0.25) is 10.0 Å². The van der Waals surface area contributed by atoms with Gasteiger partial charge in [0.1, 0.15) is 6.07 Å². The fourth-order valence-corrected chi connectivity index (χ4v) is 5.27. The van der Waals surface area contributed by atoms with Gasteiger partial charge in [-0.25, -0.2) is 13.1 Å². The van der Waals surface area contributed by atoms with Crippen LogP contribution in [-0.4, -0.2) is 38.3 Å². The number of benzene rings is 1. The van der Waals surface area contributed by atoms with Crippen molar-refractivity contribution in [2.45, 2.75) is 46.1 Å². The molecular weight excluding hydrogens is 360 g/mol. The van der Waals surface area contributed by atoms with Crippen molar-refractivity contribution in [1.29, 1.82) is 5.26 Å². The summed E-state index contributed by atoms with van der Waals surface area (Å²) in [5.74, 6) is 0.166. The summed E-state index contributed by atoms with van der Waals surface area (Å²) in [6.45, 7) is 7.36. The molecule has 27 heavy (non-hydrogen) atoms. The van der Waals surface area contributed by atoms with E-state index in [0.29, 0.717) is 25.1 Å². The van der Waals surface area contributed by atoms with E-state index in [1.54, 1.807) is 6.20 Å². The van der Waals surface area contributed by atoms with E-state index in [-0.39, 0.29) is 11.8 Å². The lowest BCUT2D eigenvalue weighted by molar-refractivity contribution is 0.460. The lowest BCUT2D eigenvalue weighted by Gasteiger charge is -2.35. The molecule has 1 aliphatic heterocycles. The van der Waals surface area contributed by atoms with Gasteiger partial charge < -0.3 is 4.90 Å². The highest BCUT2D eigenvalue weighted by Gasteiger charge is 2.26. The molecule has 0 atom stereocenters. The van der Waals surface area contributed by atoms with E-state index in [0.717, 1.165) is 40.6 Å². The van der Waals surface area contributed by atoms with Crippen LogP contribution in [0, 0.1) is 25.2 Å². The zero-order valence-corrected chi connectivity index (χ0v) is 16.9. The fraction of sp³-hybridized carbons (Fsp3) is 0.500. The van der Waals surface area contributed by atoms with E-state index in [2.05, 4.69) is 32.8 Å². The third kappa shape index (κ3) is 4.23. The molecule has 2 heterocycles. The number of nitrogens with one attached hydrogen (secondary N) is 1. The molecular formula is C20H26N4O2S. The first-order chi connectivity index (χ1) is 12.8. The van der Waals surface area contributed by atoms with Gasteiger partial charge in [0.25, 0.3) is 0 Å². The maximum Gasteiger partial charge on any atom is 0.211 e. The van der Waals surface area contributed by atoms with Crippen molar-refractivity contribution in [1.82, 2.24) is 9.71 Å². The van der Waals surface area contributed by atoms with Gasteiger partial charge in [-0.1, -0.05) is 18.6 Å².